The van der Waals surface area contributed by atoms with E-state index >= 15 is 0 Å². The Morgan fingerprint density at radius 1 is 1.18 bits per heavy atom. The molecule has 1 fully saturated rings. The average Bonchev–Trinajstić information content (AvgIpc) is 3.61. The summed E-state index contributed by atoms with van der Waals surface area (Å²) >= 11 is 2.70. The van der Waals surface area contributed by atoms with E-state index in [0.29, 0.717) is 38.1 Å². The number of rotatable bonds is 8. The third-order valence-corrected chi connectivity index (χ3v) is 7.91. The Bertz CT molecular complexity index is 1620. The van der Waals surface area contributed by atoms with Crippen LogP contribution in [0.15, 0.2) is 53.5 Å². The monoisotopic (exact) mass is 568 g/mol. The smallest absolute Gasteiger partial charge is 0.259 e. The third kappa shape index (κ3) is 6.30. The fourth-order valence-corrected chi connectivity index (χ4v) is 5.21. The minimum absolute atomic E-state index is 0.111. The standard InChI is InChI=1S/C23H18F2N2O3S2.C5H8N2/c1-3-31-26-14-5-7-20(30-21-6-4-13(24)8-19(21)25)16(9-14)18-11-27(2)23(29)17-10-15(12-28)32-22(17)18;1-7-5(4-6)2-3-5/h4-12,26H,3H2,1-2H3;7H,2-3H2,1H3. The SMILES string of the molecule is CCSNc1ccc(Oc2ccc(F)cc2F)c(-c2cn(C)c(=O)c3cc(C=O)sc23)c1.CNC1(C#N)CC1. The van der Waals surface area contributed by atoms with Gasteiger partial charge in [-0.05, 0) is 56.3 Å². The first-order valence-electron chi connectivity index (χ1n) is 12.1. The van der Waals surface area contributed by atoms with Crippen LogP contribution in [0.3, 0.4) is 0 Å². The number of fused-ring (bicyclic) bond motifs is 1. The molecule has 0 aliphatic heterocycles. The first-order chi connectivity index (χ1) is 18.7. The lowest BCUT2D eigenvalue weighted by Gasteiger charge is -2.15. The zero-order valence-corrected chi connectivity index (χ0v) is 23.1. The van der Waals surface area contributed by atoms with E-state index < -0.39 is 11.6 Å². The van der Waals surface area contributed by atoms with E-state index in [1.54, 1.807) is 31.4 Å². The van der Waals surface area contributed by atoms with Gasteiger partial charge in [-0.2, -0.15) is 5.26 Å². The van der Waals surface area contributed by atoms with E-state index in [9.17, 15) is 18.4 Å². The lowest BCUT2D eigenvalue weighted by atomic mass is 10.0. The number of carbonyl (C=O) groups excluding carboxylic acids is 1. The second-order valence-corrected chi connectivity index (χ2v) is 11.0. The molecule has 1 aliphatic rings. The largest absolute Gasteiger partial charge is 0.454 e. The van der Waals surface area contributed by atoms with E-state index in [1.165, 1.54) is 33.9 Å². The molecule has 2 heterocycles. The van der Waals surface area contributed by atoms with Crippen LogP contribution < -0.4 is 20.3 Å². The van der Waals surface area contributed by atoms with Crippen LogP contribution in [0, 0.1) is 23.0 Å². The number of hydrogen-bond donors (Lipinski definition) is 2. The lowest BCUT2D eigenvalue weighted by Crippen LogP contribution is -2.24. The third-order valence-electron chi connectivity index (χ3n) is 6.15. The number of thiophene rings is 1. The number of hydrogen-bond acceptors (Lipinski definition) is 8. The van der Waals surface area contributed by atoms with Gasteiger partial charge in [-0.15, -0.1) is 11.3 Å². The van der Waals surface area contributed by atoms with Crippen LogP contribution in [0.5, 0.6) is 11.5 Å². The van der Waals surface area contributed by atoms with Gasteiger partial charge in [0, 0.05) is 46.6 Å². The summed E-state index contributed by atoms with van der Waals surface area (Å²) in [7, 11) is 3.45. The van der Waals surface area contributed by atoms with Gasteiger partial charge in [-0.1, -0.05) is 18.9 Å². The molecule has 0 unspecified atom stereocenters. The Balaban J connectivity index is 0.000000438. The number of pyridine rings is 1. The maximum absolute atomic E-state index is 14.3. The molecular formula is C28H26F2N4O3S2. The maximum Gasteiger partial charge on any atom is 0.259 e. The highest BCUT2D eigenvalue weighted by atomic mass is 32.2. The van der Waals surface area contributed by atoms with Crippen molar-refractivity contribution in [1.29, 1.82) is 5.26 Å². The number of aldehydes is 1. The molecule has 0 spiro atoms. The number of ether oxygens (including phenoxy) is 1. The second-order valence-electron chi connectivity index (χ2n) is 8.83. The number of nitrogens with one attached hydrogen (secondary N) is 2. The van der Waals surface area contributed by atoms with Crippen molar-refractivity contribution in [3.05, 3.63) is 75.5 Å². The van der Waals surface area contributed by atoms with Crippen molar-refractivity contribution in [2.24, 2.45) is 7.05 Å². The molecule has 202 valence electrons. The molecule has 0 radical (unpaired) electrons. The van der Waals surface area contributed by atoms with E-state index in [4.69, 9.17) is 10.00 Å². The highest BCUT2D eigenvalue weighted by Crippen LogP contribution is 2.41. The van der Waals surface area contributed by atoms with Crippen LogP contribution in [-0.4, -0.2) is 29.2 Å². The topological polar surface area (TPSA) is 96.2 Å². The molecule has 2 aromatic heterocycles. The Morgan fingerprint density at radius 2 is 1.92 bits per heavy atom. The van der Waals surface area contributed by atoms with E-state index in [-0.39, 0.29) is 16.8 Å². The fraction of sp³-hybridized carbons (Fsp3) is 0.250. The van der Waals surface area contributed by atoms with E-state index in [0.717, 1.165) is 36.4 Å². The first kappa shape index (κ1) is 28.3. The summed E-state index contributed by atoms with van der Waals surface area (Å²) in [5.74, 6) is -0.497. The zero-order chi connectivity index (χ0) is 28.2. The Labute approximate surface area is 232 Å². The van der Waals surface area contributed by atoms with Crippen LogP contribution >= 0.6 is 23.3 Å². The van der Waals surface area contributed by atoms with E-state index in [2.05, 4.69) is 16.1 Å². The number of aromatic nitrogens is 1. The van der Waals surface area contributed by atoms with Crippen LogP contribution in [0.25, 0.3) is 21.2 Å². The van der Waals surface area contributed by atoms with Gasteiger partial charge in [0.25, 0.3) is 5.56 Å². The second kappa shape index (κ2) is 12.0. The Hall–Kier alpha value is -3.72. The number of aryl methyl sites for hydroxylation is 1. The summed E-state index contributed by atoms with van der Waals surface area (Å²) < 4.78 is 38.7. The van der Waals surface area contributed by atoms with Gasteiger partial charge in [0.15, 0.2) is 17.9 Å². The molecule has 5 rings (SSSR count). The molecule has 0 amide bonds. The van der Waals surface area contributed by atoms with Crippen molar-refractivity contribution in [1.82, 2.24) is 9.88 Å². The van der Waals surface area contributed by atoms with Gasteiger partial charge in [-0.3, -0.25) is 9.59 Å². The number of benzene rings is 2. The molecule has 7 nitrogen and oxygen atoms in total. The average molecular weight is 569 g/mol. The minimum Gasteiger partial charge on any atom is -0.454 e. The predicted molar refractivity (Wildman–Crippen MR) is 153 cm³/mol. The fourth-order valence-electron chi connectivity index (χ4n) is 3.79. The zero-order valence-electron chi connectivity index (χ0n) is 21.5. The molecule has 1 saturated carbocycles. The summed E-state index contributed by atoms with van der Waals surface area (Å²) in [4.78, 5) is 24.4. The molecule has 1 aliphatic carbocycles. The first-order valence-corrected chi connectivity index (χ1v) is 13.9. The molecule has 0 bridgehead atoms. The van der Waals surface area contributed by atoms with Gasteiger partial charge in [0.1, 0.15) is 17.1 Å². The van der Waals surface area contributed by atoms with Gasteiger partial charge >= 0.3 is 0 Å². The number of halogens is 2. The van der Waals surface area contributed by atoms with Gasteiger partial charge < -0.3 is 19.3 Å². The van der Waals surface area contributed by atoms with Gasteiger partial charge in [0.05, 0.1) is 16.3 Å². The number of carbonyl (C=O) groups is 1. The van der Waals surface area contributed by atoms with Crippen molar-refractivity contribution >= 4 is 45.3 Å². The summed E-state index contributed by atoms with van der Waals surface area (Å²) in [6.07, 6.45) is 4.42. The van der Waals surface area contributed by atoms with Crippen LogP contribution in [-0.2, 0) is 7.05 Å². The normalized spacial score (nSPS) is 13.2. The van der Waals surface area contributed by atoms with E-state index in [1.807, 2.05) is 20.0 Å². The summed E-state index contributed by atoms with van der Waals surface area (Å²) in [6.45, 7) is 2.01. The van der Waals surface area contributed by atoms with Crippen molar-refractivity contribution in [3.63, 3.8) is 0 Å². The summed E-state index contributed by atoms with van der Waals surface area (Å²) in [5, 5.41) is 11.7. The number of nitriles is 1. The molecule has 39 heavy (non-hydrogen) atoms. The van der Waals surface area contributed by atoms with Crippen molar-refractivity contribution in [2.45, 2.75) is 25.3 Å². The number of anilines is 1. The molecule has 2 aromatic carbocycles. The number of nitrogens with zero attached hydrogens (tertiary/aromatic N) is 2. The molecule has 11 heteroatoms. The summed E-state index contributed by atoms with van der Waals surface area (Å²) in [6, 6.07) is 12.1. The molecular weight excluding hydrogens is 542 g/mol. The van der Waals surface area contributed by atoms with Gasteiger partial charge in [0.2, 0.25) is 0 Å². The quantitative estimate of drug-likeness (QED) is 0.185. The van der Waals surface area contributed by atoms with Crippen molar-refractivity contribution in [2.75, 3.05) is 17.5 Å². The van der Waals surface area contributed by atoms with Crippen molar-refractivity contribution < 1.29 is 18.3 Å². The van der Waals surface area contributed by atoms with Crippen molar-refractivity contribution in [3.8, 4) is 28.7 Å². The molecule has 0 atom stereocenters. The highest BCUT2D eigenvalue weighted by Gasteiger charge is 2.41. The van der Waals surface area contributed by atoms with Crippen LogP contribution in [0.4, 0.5) is 14.5 Å². The Kier molecular flexibility index (Phi) is 8.70. The summed E-state index contributed by atoms with van der Waals surface area (Å²) in [5.41, 5.74) is 1.70. The van der Waals surface area contributed by atoms with Crippen LogP contribution in [0.1, 0.15) is 29.4 Å². The van der Waals surface area contributed by atoms with Gasteiger partial charge in [-0.25, -0.2) is 8.78 Å². The minimum atomic E-state index is -0.829. The molecule has 2 N–H and O–H groups in total. The maximum atomic E-state index is 14.3. The van der Waals surface area contributed by atoms with Crippen LogP contribution in [0.2, 0.25) is 0 Å². The highest BCUT2D eigenvalue weighted by molar-refractivity contribution is 8.00. The predicted octanol–water partition coefficient (Wildman–Crippen LogP) is 6.49. The molecule has 4 aromatic rings. The molecule has 0 saturated heterocycles. The Morgan fingerprint density at radius 3 is 2.51 bits per heavy atom. The lowest BCUT2D eigenvalue weighted by molar-refractivity contribution is 0.112.